The number of ether oxygens (including phenoxy) is 1. The fourth-order valence-corrected chi connectivity index (χ4v) is 2.59. The number of anilines is 1. The minimum Gasteiger partial charge on any atom is -0.492 e. The second kappa shape index (κ2) is 5.21. The van der Waals surface area contributed by atoms with E-state index in [0.717, 1.165) is 23.8 Å². The fraction of sp³-hybridized carbons (Fsp3) is 0.533. The summed E-state index contributed by atoms with van der Waals surface area (Å²) in [5.74, 6) is 1.78. The number of carbonyl (C=O) groups is 1. The molecule has 1 unspecified atom stereocenters. The first-order valence-corrected chi connectivity index (χ1v) is 6.99. The maximum absolute atomic E-state index is 11.3. The highest BCUT2D eigenvalue weighted by Gasteiger charge is 2.30. The summed E-state index contributed by atoms with van der Waals surface area (Å²) in [4.78, 5) is 11.3. The summed E-state index contributed by atoms with van der Waals surface area (Å²) < 4.78 is 5.88. The Bertz CT molecular complexity index is 483. The van der Waals surface area contributed by atoms with Gasteiger partial charge >= 0.3 is 0 Å². The van der Waals surface area contributed by atoms with Crippen LogP contribution < -0.4 is 15.4 Å². The zero-order valence-corrected chi connectivity index (χ0v) is 11.2. The van der Waals surface area contributed by atoms with Gasteiger partial charge in [-0.15, -0.1) is 0 Å². The van der Waals surface area contributed by atoms with Crippen molar-refractivity contribution in [2.45, 2.75) is 31.7 Å². The van der Waals surface area contributed by atoms with Gasteiger partial charge in [0.05, 0.1) is 0 Å². The SMILES string of the molecule is CNC(COc1ccc2c(c1)CCC(=O)N2)C1CC1. The Balaban J connectivity index is 1.63. The van der Waals surface area contributed by atoms with Crippen LogP contribution in [0.25, 0.3) is 0 Å². The second-order valence-corrected chi connectivity index (χ2v) is 5.41. The van der Waals surface area contributed by atoms with E-state index in [9.17, 15) is 4.79 Å². The molecule has 1 aliphatic carbocycles. The number of hydrogen-bond donors (Lipinski definition) is 2. The summed E-state index contributed by atoms with van der Waals surface area (Å²) in [6, 6.07) is 6.38. The van der Waals surface area contributed by atoms with Crippen molar-refractivity contribution in [1.82, 2.24) is 5.32 Å². The molecule has 3 rings (SSSR count). The molecule has 0 saturated heterocycles. The summed E-state index contributed by atoms with van der Waals surface area (Å²) in [5.41, 5.74) is 2.10. The minimum atomic E-state index is 0.102. The van der Waals surface area contributed by atoms with Gasteiger partial charge in [-0.05, 0) is 56.0 Å². The molecule has 4 nitrogen and oxygen atoms in total. The van der Waals surface area contributed by atoms with Crippen molar-refractivity contribution >= 4 is 11.6 Å². The largest absolute Gasteiger partial charge is 0.492 e. The Morgan fingerprint density at radius 3 is 3.00 bits per heavy atom. The Labute approximate surface area is 113 Å². The smallest absolute Gasteiger partial charge is 0.224 e. The van der Waals surface area contributed by atoms with Gasteiger partial charge in [-0.3, -0.25) is 4.79 Å². The molecule has 1 aromatic rings. The van der Waals surface area contributed by atoms with E-state index < -0.39 is 0 Å². The van der Waals surface area contributed by atoms with Crippen LogP contribution in [0.3, 0.4) is 0 Å². The predicted octanol–water partition coefficient (Wildman–Crippen LogP) is 1.95. The van der Waals surface area contributed by atoms with Crippen LogP contribution in [-0.2, 0) is 11.2 Å². The highest BCUT2D eigenvalue weighted by molar-refractivity contribution is 5.93. The lowest BCUT2D eigenvalue weighted by molar-refractivity contribution is -0.116. The second-order valence-electron chi connectivity index (χ2n) is 5.41. The van der Waals surface area contributed by atoms with E-state index in [1.54, 1.807) is 0 Å². The average molecular weight is 260 g/mol. The number of benzene rings is 1. The Hall–Kier alpha value is -1.55. The Morgan fingerprint density at radius 1 is 1.42 bits per heavy atom. The van der Waals surface area contributed by atoms with Gasteiger partial charge in [0.2, 0.25) is 5.91 Å². The van der Waals surface area contributed by atoms with Crippen molar-refractivity contribution in [3.05, 3.63) is 23.8 Å². The van der Waals surface area contributed by atoms with Crippen LogP contribution in [-0.4, -0.2) is 25.6 Å². The van der Waals surface area contributed by atoms with E-state index in [1.165, 1.54) is 18.4 Å². The molecule has 0 radical (unpaired) electrons. The van der Waals surface area contributed by atoms with Gasteiger partial charge in [-0.1, -0.05) is 0 Å². The molecule has 0 aromatic heterocycles. The van der Waals surface area contributed by atoms with Crippen molar-refractivity contribution in [1.29, 1.82) is 0 Å². The molecule has 0 bridgehead atoms. The summed E-state index contributed by atoms with van der Waals surface area (Å²) >= 11 is 0. The van der Waals surface area contributed by atoms with Gasteiger partial charge in [0.25, 0.3) is 0 Å². The number of amides is 1. The first-order valence-electron chi connectivity index (χ1n) is 6.99. The Kier molecular flexibility index (Phi) is 3.42. The summed E-state index contributed by atoms with van der Waals surface area (Å²) in [5, 5.41) is 6.20. The number of aryl methyl sites for hydroxylation is 1. The number of fused-ring (bicyclic) bond motifs is 1. The lowest BCUT2D eigenvalue weighted by Crippen LogP contribution is -2.33. The van der Waals surface area contributed by atoms with Gasteiger partial charge in [0.15, 0.2) is 0 Å². The third kappa shape index (κ3) is 2.89. The molecular weight excluding hydrogens is 240 g/mol. The van der Waals surface area contributed by atoms with E-state index in [0.29, 0.717) is 19.1 Å². The molecule has 1 atom stereocenters. The van der Waals surface area contributed by atoms with Gasteiger partial charge < -0.3 is 15.4 Å². The van der Waals surface area contributed by atoms with E-state index in [2.05, 4.69) is 10.6 Å². The van der Waals surface area contributed by atoms with E-state index >= 15 is 0 Å². The molecule has 1 aromatic carbocycles. The molecule has 4 heteroatoms. The van der Waals surface area contributed by atoms with Crippen molar-refractivity contribution in [2.75, 3.05) is 19.0 Å². The summed E-state index contributed by atoms with van der Waals surface area (Å²) in [7, 11) is 1.99. The van der Waals surface area contributed by atoms with Crippen LogP contribution in [0.5, 0.6) is 5.75 Å². The number of rotatable bonds is 5. The molecule has 102 valence electrons. The van der Waals surface area contributed by atoms with Crippen molar-refractivity contribution in [3.63, 3.8) is 0 Å². The third-order valence-electron chi connectivity index (χ3n) is 3.96. The lowest BCUT2D eigenvalue weighted by Gasteiger charge is -2.19. The van der Waals surface area contributed by atoms with Gasteiger partial charge in [-0.2, -0.15) is 0 Å². The number of likely N-dealkylation sites (N-methyl/N-ethyl adjacent to an activating group) is 1. The average Bonchev–Trinajstić information content (AvgIpc) is 3.24. The normalized spacial score (nSPS) is 19.5. The van der Waals surface area contributed by atoms with Crippen LogP contribution in [0.1, 0.15) is 24.8 Å². The quantitative estimate of drug-likeness (QED) is 0.850. The van der Waals surface area contributed by atoms with Gasteiger partial charge in [-0.25, -0.2) is 0 Å². The molecule has 1 amide bonds. The number of hydrogen-bond acceptors (Lipinski definition) is 3. The molecule has 1 heterocycles. The molecule has 2 aliphatic rings. The molecule has 0 spiro atoms. The fourth-order valence-electron chi connectivity index (χ4n) is 2.59. The van der Waals surface area contributed by atoms with E-state index in [4.69, 9.17) is 4.74 Å². The topological polar surface area (TPSA) is 50.4 Å². The van der Waals surface area contributed by atoms with Crippen molar-refractivity contribution in [3.8, 4) is 5.75 Å². The molecule has 19 heavy (non-hydrogen) atoms. The van der Waals surface area contributed by atoms with Crippen LogP contribution in [0.2, 0.25) is 0 Å². The Morgan fingerprint density at radius 2 is 2.26 bits per heavy atom. The van der Waals surface area contributed by atoms with E-state index in [-0.39, 0.29) is 5.91 Å². The lowest BCUT2D eigenvalue weighted by atomic mass is 10.0. The van der Waals surface area contributed by atoms with Crippen molar-refractivity contribution < 1.29 is 9.53 Å². The monoisotopic (exact) mass is 260 g/mol. The predicted molar refractivity (Wildman–Crippen MR) is 74.5 cm³/mol. The maximum atomic E-state index is 11.3. The third-order valence-corrected chi connectivity index (χ3v) is 3.96. The molecular formula is C15H20N2O2. The summed E-state index contributed by atoms with van der Waals surface area (Å²) in [6.07, 6.45) is 3.99. The van der Waals surface area contributed by atoms with Crippen LogP contribution in [0.4, 0.5) is 5.69 Å². The first-order chi connectivity index (χ1) is 9.26. The van der Waals surface area contributed by atoms with E-state index in [1.807, 2.05) is 25.2 Å². The van der Waals surface area contributed by atoms with Crippen LogP contribution in [0.15, 0.2) is 18.2 Å². The zero-order valence-electron chi connectivity index (χ0n) is 11.2. The maximum Gasteiger partial charge on any atom is 0.224 e. The van der Waals surface area contributed by atoms with Crippen LogP contribution >= 0.6 is 0 Å². The highest BCUT2D eigenvalue weighted by Crippen LogP contribution is 2.33. The summed E-state index contributed by atoms with van der Waals surface area (Å²) in [6.45, 7) is 0.715. The van der Waals surface area contributed by atoms with Crippen molar-refractivity contribution in [2.24, 2.45) is 5.92 Å². The molecule has 2 N–H and O–H groups in total. The van der Waals surface area contributed by atoms with Crippen LogP contribution in [0, 0.1) is 5.92 Å². The first kappa shape index (κ1) is 12.5. The van der Waals surface area contributed by atoms with Gasteiger partial charge in [0, 0.05) is 18.2 Å². The molecule has 1 aliphatic heterocycles. The minimum absolute atomic E-state index is 0.102. The molecule has 1 fully saturated rings. The van der Waals surface area contributed by atoms with Gasteiger partial charge in [0.1, 0.15) is 12.4 Å². The number of nitrogens with one attached hydrogen (secondary N) is 2. The number of carbonyl (C=O) groups excluding carboxylic acids is 1. The highest BCUT2D eigenvalue weighted by atomic mass is 16.5. The zero-order chi connectivity index (χ0) is 13.2. The molecule has 1 saturated carbocycles. The standard InChI is InChI=1S/C15H20N2O2/c1-16-14(10-2-3-10)9-19-12-5-6-13-11(8-12)4-7-15(18)17-13/h5-6,8,10,14,16H,2-4,7,9H2,1H3,(H,17,18).